The Morgan fingerprint density at radius 3 is 2.85 bits per heavy atom. The van der Waals surface area contributed by atoms with Gasteiger partial charge in [0.05, 0.1) is 0 Å². The molecule has 0 bridgehead atoms. The zero-order valence-electron chi connectivity index (χ0n) is 8.71. The summed E-state index contributed by atoms with van der Waals surface area (Å²) in [6.45, 7) is 4.45. The average Bonchev–Trinajstić information content (AvgIpc) is 2.03. The van der Waals surface area contributed by atoms with Gasteiger partial charge in [0.2, 0.25) is 0 Å². The number of rotatable bonds is 2. The van der Waals surface area contributed by atoms with Crippen molar-refractivity contribution in [3.8, 4) is 12.3 Å². The van der Waals surface area contributed by atoms with Crippen LogP contribution in [0.15, 0.2) is 0 Å². The van der Waals surface area contributed by atoms with Gasteiger partial charge in [0.1, 0.15) is 5.60 Å². The molecule has 13 heavy (non-hydrogen) atoms. The van der Waals surface area contributed by atoms with Crippen molar-refractivity contribution in [2.75, 3.05) is 0 Å². The summed E-state index contributed by atoms with van der Waals surface area (Å²) in [5.41, 5.74) is -0.794. The topological polar surface area (TPSA) is 20.2 Å². The van der Waals surface area contributed by atoms with Gasteiger partial charge in [-0.1, -0.05) is 26.2 Å². The molecule has 1 heteroatoms. The van der Waals surface area contributed by atoms with Crippen LogP contribution >= 0.6 is 0 Å². The maximum Gasteiger partial charge on any atom is 0.125 e. The van der Waals surface area contributed by atoms with Crippen LogP contribution in [0, 0.1) is 24.2 Å². The van der Waals surface area contributed by atoms with Crippen LogP contribution in [0.3, 0.4) is 0 Å². The van der Waals surface area contributed by atoms with Crippen molar-refractivity contribution >= 4 is 0 Å². The van der Waals surface area contributed by atoms with E-state index in [1.54, 1.807) is 0 Å². The highest BCUT2D eigenvalue weighted by molar-refractivity contribution is 5.09. The van der Waals surface area contributed by atoms with E-state index in [1.165, 1.54) is 12.8 Å². The van der Waals surface area contributed by atoms with Crippen LogP contribution in [-0.2, 0) is 0 Å². The Morgan fingerprint density at radius 1 is 1.62 bits per heavy atom. The second-order valence-corrected chi connectivity index (χ2v) is 4.77. The van der Waals surface area contributed by atoms with Crippen LogP contribution < -0.4 is 0 Å². The van der Waals surface area contributed by atoms with Gasteiger partial charge in [-0.25, -0.2) is 0 Å². The molecular weight excluding hydrogens is 160 g/mol. The molecule has 0 aliphatic heterocycles. The van der Waals surface area contributed by atoms with E-state index >= 15 is 0 Å². The summed E-state index contributed by atoms with van der Waals surface area (Å²) in [5.74, 6) is 3.89. The molecule has 74 valence electrons. The molecule has 2 atom stereocenters. The monoisotopic (exact) mass is 180 g/mol. The smallest absolute Gasteiger partial charge is 0.125 e. The van der Waals surface area contributed by atoms with Crippen LogP contribution in [0.1, 0.15) is 46.0 Å². The van der Waals surface area contributed by atoms with Crippen molar-refractivity contribution in [1.82, 2.24) is 0 Å². The SMILES string of the molecule is C#CC1(O)CCCC(CC(C)C)C1. The molecule has 0 amide bonds. The first-order valence-electron chi connectivity index (χ1n) is 5.26. The highest BCUT2D eigenvalue weighted by Gasteiger charge is 2.32. The largest absolute Gasteiger partial charge is 0.378 e. The minimum absolute atomic E-state index is 0.634. The van der Waals surface area contributed by atoms with E-state index in [4.69, 9.17) is 6.42 Å². The van der Waals surface area contributed by atoms with E-state index in [0.29, 0.717) is 11.8 Å². The third-order valence-electron chi connectivity index (χ3n) is 2.90. The van der Waals surface area contributed by atoms with E-state index in [9.17, 15) is 5.11 Å². The third-order valence-corrected chi connectivity index (χ3v) is 2.90. The van der Waals surface area contributed by atoms with Gasteiger partial charge >= 0.3 is 0 Å². The Labute approximate surface area is 81.5 Å². The van der Waals surface area contributed by atoms with Gasteiger partial charge in [0.15, 0.2) is 0 Å². The lowest BCUT2D eigenvalue weighted by molar-refractivity contribution is 0.0324. The first-order chi connectivity index (χ1) is 6.06. The zero-order chi connectivity index (χ0) is 9.90. The van der Waals surface area contributed by atoms with Crippen molar-refractivity contribution in [1.29, 1.82) is 0 Å². The van der Waals surface area contributed by atoms with Crippen LogP contribution in [0.5, 0.6) is 0 Å². The highest BCUT2D eigenvalue weighted by atomic mass is 16.3. The van der Waals surface area contributed by atoms with Crippen molar-refractivity contribution < 1.29 is 5.11 Å². The summed E-state index contributed by atoms with van der Waals surface area (Å²) >= 11 is 0. The molecule has 0 aromatic heterocycles. The molecule has 0 aromatic carbocycles. The maximum absolute atomic E-state index is 9.93. The van der Waals surface area contributed by atoms with Crippen molar-refractivity contribution in [2.24, 2.45) is 11.8 Å². The molecular formula is C12H20O. The second kappa shape index (κ2) is 4.15. The summed E-state index contributed by atoms with van der Waals surface area (Å²) in [4.78, 5) is 0. The van der Waals surface area contributed by atoms with E-state index in [1.807, 2.05) is 0 Å². The first-order valence-corrected chi connectivity index (χ1v) is 5.26. The summed E-state index contributed by atoms with van der Waals surface area (Å²) in [6, 6.07) is 0. The maximum atomic E-state index is 9.93. The van der Waals surface area contributed by atoms with Gasteiger partial charge in [0.25, 0.3) is 0 Å². The molecule has 0 aromatic rings. The fourth-order valence-electron chi connectivity index (χ4n) is 2.36. The predicted molar refractivity (Wildman–Crippen MR) is 55.2 cm³/mol. The fourth-order valence-corrected chi connectivity index (χ4v) is 2.36. The molecule has 1 saturated carbocycles. The Kier molecular flexibility index (Phi) is 3.39. The van der Waals surface area contributed by atoms with Crippen molar-refractivity contribution in [3.05, 3.63) is 0 Å². The molecule has 0 saturated heterocycles. The molecule has 0 heterocycles. The normalized spacial score (nSPS) is 34.5. The van der Waals surface area contributed by atoms with Crippen molar-refractivity contribution in [3.63, 3.8) is 0 Å². The van der Waals surface area contributed by atoms with Gasteiger partial charge in [0, 0.05) is 0 Å². The average molecular weight is 180 g/mol. The highest BCUT2D eigenvalue weighted by Crippen LogP contribution is 2.35. The molecule has 1 nitrogen and oxygen atoms in total. The Balaban J connectivity index is 2.48. The van der Waals surface area contributed by atoms with Crippen LogP contribution in [0.2, 0.25) is 0 Å². The van der Waals surface area contributed by atoms with Gasteiger partial charge in [-0.05, 0) is 37.5 Å². The van der Waals surface area contributed by atoms with Crippen molar-refractivity contribution in [2.45, 2.75) is 51.6 Å². The van der Waals surface area contributed by atoms with Gasteiger partial charge < -0.3 is 5.11 Å². The summed E-state index contributed by atoms with van der Waals surface area (Å²) in [7, 11) is 0. The minimum Gasteiger partial charge on any atom is -0.378 e. The minimum atomic E-state index is -0.794. The standard InChI is InChI=1S/C12H20O/c1-4-12(13)7-5-6-11(9-12)8-10(2)3/h1,10-11,13H,5-9H2,2-3H3. The lowest BCUT2D eigenvalue weighted by Crippen LogP contribution is -2.33. The zero-order valence-corrected chi connectivity index (χ0v) is 8.71. The summed E-state index contributed by atoms with van der Waals surface area (Å²) in [5, 5.41) is 9.93. The van der Waals surface area contributed by atoms with E-state index < -0.39 is 5.60 Å². The lowest BCUT2D eigenvalue weighted by Gasteiger charge is -2.33. The number of terminal acetylenes is 1. The van der Waals surface area contributed by atoms with E-state index in [2.05, 4.69) is 19.8 Å². The number of hydrogen-bond acceptors (Lipinski definition) is 1. The van der Waals surface area contributed by atoms with E-state index in [0.717, 1.165) is 19.3 Å². The Bertz CT molecular complexity index is 202. The molecule has 2 unspecified atom stereocenters. The van der Waals surface area contributed by atoms with Gasteiger partial charge in [-0.3, -0.25) is 0 Å². The molecule has 0 spiro atoms. The Morgan fingerprint density at radius 2 is 2.31 bits per heavy atom. The van der Waals surface area contributed by atoms with Gasteiger partial charge in [-0.15, -0.1) is 6.42 Å². The fraction of sp³-hybridized carbons (Fsp3) is 0.833. The molecule has 1 N–H and O–H groups in total. The molecule has 1 aliphatic carbocycles. The lowest BCUT2D eigenvalue weighted by atomic mass is 9.75. The second-order valence-electron chi connectivity index (χ2n) is 4.77. The predicted octanol–water partition coefficient (Wildman–Crippen LogP) is 2.59. The quantitative estimate of drug-likeness (QED) is 0.648. The third kappa shape index (κ3) is 3.04. The molecule has 1 aliphatic rings. The van der Waals surface area contributed by atoms with E-state index in [-0.39, 0.29) is 0 Å². The molecule has 1 rings (SSSR count). The molecule has 0 radical (unpaired) electrons. The summed E-state index contributed by atoms with van der Waals surface area (Å²) < 4.78 is 0. The summed E-state index contributed by atoms with van der Waals surface area (Å²) in [6.07, 6.45) is 10.4. The van der Waals surface area contributed by atoms with Gasteiger partial charge in [-0.2, -0.15) is 0 Å². The Hall–Kier alpha value is -0.480. The molecule has 1 fully saturated rings. The first kappa shape index (κ1) is 10.6. The number of aliphatic hydroxyl groups is 1. The van der Waals surface area contributed by atoms with Crippen LogP contribution in [-0.4, -0.2) is 10.7 Å². The number of hydrogen-bond donors (Lipinski definition) is 1. The van der Waals surface area contributed by atoms with Crippen LogP contribution in [0.25, 0.3) is 0 Å². The van der Waals surface area contributed by atoms with Crippen LogP contribution in [0.4, 0.5) is 0 Å².